The first-order chi connectivity index (χ1) is 17.1. The van der Waals surface area contributed by atoms with Gasteiger partial charge in [0.1, 0.15) is 12.6 Å². The number of hydrogen-bond acceptors (Lipinski definition) is 4. The first-order valence-electron chi connectivity index (χ1n) is 12.9. The molecule has 2 saturated heterocycles. The maximum atomic E-state index is 13.5. The lowest BCUT2D eigenvalue weighted by molar-refractivity contribution is -0.125. The van der Waals surface area contributed by atoms with Crippen molar-refractivity contribution in [2.45, 2.75) is 51.0 Å². The standard InChI is InChI=1S/C28H34N4O3/c33-26(29-15-8-11-21-9-2-1-3-10-21)20-32-25-19-22(27(34)30-16-6-7-17-30)13-14-23(25)31-18-5-4-12-24(31)28(32)35/h1-3,9-10,13-14,19,24H,4-8,11-12,15-18,20H2,(H,29,33)/t24-/m1/s1. The number of nitrogens with one attached hydrogen (secondary N) is 1. The molecule has 1 atom stereocenters. The van der Waals surface area contributed by atoms with Crippen molar-refractivity contribution in [2.75, 3.05) is 42.5 Å². The molecule has 3 amide bonds. The molecule has 0 unspecified atom stereocenters. The van der Waals surface area contributed by atoms with Crippen molar-refractivity contribution in [3.05, 3.63) is 59.7 Å². The van der Waals surface area contributed by atoms with E-state index in [1.54, 1.807) is 4.90 Å². The van der Waals surface area contributed by atoms with Crippen LogP contribution in [0.15, 0.2) is 48.5 Å². The second-order valence-electron chi connectivity index (χ2n) is 9.77. The number of rotatable bonds is 7. The molecule has 7 heteroatoms. The van der Waals surface area contributed by atoms with Crippen molar-refractivity contribution >= 4 is 29.1 Å². The van der Waals surface area contributed by atoms with Gasteiger partial charge in [-0.2, -0.15) is 0 Å². The summed E-state index contributed by atoms with van der Waals surface area (Å²) in [6.45, 7) is 2.91. The number of hydrogen-bond donors (Lipinski definition) is 1. The average molecular weight is 475 g/mol. The molecule has 3 aliphatic heterocycles. The normalized spacial score (nSPS) is 19.4. The summed E-state index contributed by atoms with van der Waals surface area (Å²) in [5.74, 6) is -0.205. The fraction of sp³-hybridized carbons (Fsp3) is 0.464. The SMILES string of the molecule is O=C(CN1C(=O)[C@H]2CCCCN2c2ccc(C(=O)N3CCCC3)cc21)NCCCc1ccccc1. The van der Waals surface area contributed by atoms with Gasteiger partial charge in [-0.05, 0) is 68.7 Å². The van der Waals surface area contributed by atoms with Crippen LogP contribution >= 0.6 is 0 Å². The van der Waals surface area contributed by atoms with Crippen molar-refractivity contribution in [2.24, 2.45) is 0 Å². The van der Waals surface area contributed by atoms with E-state index in [2.05, 4.69) is 22.3 Å². The van der Waals surface area contributed by atoms with Gasteiger partial charge in [0.2, 0.25) is 11.8 Å². The number of nitrogens with zero attached hydrogens (tertiary/aromatic N) is 3. The minimum atomic E-state index is -0.234. The topological polar surface area (TPSA) is 73.0 Å². The summed E-state index contributed by atoms with van der Waals surface area (Å²) >= 11 is 0. The van der Waals surface area contributed by atoms with Crippen LogP contribution in [0.4, 0.5) is 11.4 Å². The molecular formula is C28H34N4O3. The minimum Gasteiger partial charge on any atom is -0.358 e. The Morgan fingerprint density at radius 3 is 2.49 bits per heavy atom. The summed E-state index contributed by atoms with van der Waals surface area (Å²) < 4.78 is 0. The molecular weight excluding hydrogens is 440 g/mol. The summed E-state index contributed by atoms with van der Waals surface area (Å²) in [4.78, 5) is 45.1. The van der Waals surface area contributed by atoms with Gasteiger partial charge < -0.3 is 15.1 Å². The minimum absolute atomic E-state index is 0.00355. The molecule has 2 aromatic carbocycles. The third-order valence-electron chi connectivity index (χ3n) is 7.38. The largest absolute Gasteiger partial charge is 0.358 e. The number of amides is 3. The zero-order chi connectivity index (χ0) is 24.2. The highest BCUT2D eigenvalue weighted by atomic mass is 16.2. The lowest BCUT2D eigenvalue weighted by Gasteiger charge is -2.45. The number of carbonyl (C=O) groups excluding carboxylic acids is 3. The van der Waals surface area contributed by atoms with Crippen molar-refractivity contribution in [3.8, 4) is 0 Å². The number of aryl methyl sites for hydroxylation is 1. The molecule has 0 saturated carbocycles. The number of likely N-dealkylation sites (tertiary alicyclic amines) is 1. The molecule has 2 aromatic rings. The Balaban J connectivity index is 1.31. The molecule has 0 aliphatic carbocycles. The van der Waals surface area contributed by atoms with E-state index in [0.29, 0.717) is 17.8 Å². The lowest BCUT2D eigenvalue weighted by atomic mass is 9.95. The van der Waals surface area contributed by atoms with E-state index < -0.39 is 0 Å². The van der Waals surface area contributed by atoms with Gasteiger partial charge in [-0.15, -0.1) is 0 Å². The molecule has 1 N–H and O–H groups in total. The Bertz CT molecular complexity index is 1080. The van der Waals surface area contributed by atoms with Gasteiger partial charge in [0.25, 0.3) is 5.91 Å². The van der Waals surface area contributed by atoms with E-state index in [-0.39, 0.29) is 30.3 Å². The van der Waals surface area contributed by atoms with E-state index in [4.69, 9.17) is 0 Å². The number of fused-ring (bicyclic) bond motifs is 3. The Kier molecular flexibility index (Phi) is 7.02. The maximum absolute atomic E-state index is 13.5. The summed E-state index contributed by atoms with van der Waals surface area (Å²) in [7, 11) is 0. The van der Waals surface area contributed by atoms with Gasteiger partial charge in [-0.25, -0.2) is 0 Å². The van der Waals surface area contributed by atoms with Crippen LogP contribution in [-0.4, -0.2) is 61.4 Å². The predicted molar refractivity (Wildman–Crippen MR) is 137 cm³/mol. The fourth-order valence-corrected chi connectivity index (χ4v) is 5.52. The molecule has 7 nitrogen and oxygen atoms in total. The quantitative estimate of drug-likeness (QED) is 0.625. The van der Waals surface area contributed by atoms with Gasteiger partial charge in [0.05, 0.1) is 11.4 Å². The highest BCUT2D eigenvalue weighted by Gasteiger charge is 2.40. The van der Waals surface area contributed by atoms with Crippen LogP contribution in [-0.2, 0) is 16.0 Å². The van der Waals surface area contributed by atoms with E-state index >= 15 is 0 Å². The molecule has 35 heavy (non-hydrogen) atoms. The van der Waals surface area contributed by atoms with Crippen LogP contribution in [0.3, 0.4) is 0 Å². The molecule has 0 aromatic heterocycles. The Labute approximate surface area is 207 Å². The zero-order valence-electron chi connectivity index (χ0n) is 20.2. The summed E-state index contributed by atoms with van der Waals surface area (Å²) in [5, 5.41) is 2.98. The number of anilines is 2. The third-order valence-corrected chi connectivity index (χ3v) is 7.38. The second kappa shape index (κ2) is 10.5. The smallest absolute Gasteiger partial charge is 0.253 e. The first-order valence-corrected chi connectivity index (χ1v) is 12.9. The molecule has 0 spiro atoms. The van der Waals surface area contributed by atoms with Gasteiger partial charge in [0, 0.05) is 31.7 Å². The molecule has 0 bridgehead atoms. The third kappa shape index (κ3) is 5.04. The van der Waals surface area contributed by atoms with Crippen molar-refractivity contribution in [3.63, 3.8) is 0 Å². The Hall–Kier alpha value is -3.35. The number of piperidine rings is 1. The highest BCUT2D eigenvalue weighted by molar-refractivity contribution is 6.09. The van der Waals surface area contributed by atoms with Crippen molar-refractivity contribution in [1.29, 1.82) is 0 Å². The van der Waals surface area contributed by atoms with Crippen LogP contribution < -0.4 is 15.1 Å². The van der Waals surface area contributed by atoms with Crippen LogP contribution in [0.5, 0.6) is 0 Å². The van der Waals surface area contributed by atoms with Crippen LogP contribution in [0.25, 0.3) is 0 Å². The Morgan fingerprint density at radius 1 is 0.914 bits per heavy atom. The van der Waals surface area contributed by atoms with E-state index in [0.717, 1.165) is 70.3 Å². The van der Waals surface area contributed by atoms with E-state index in [1.807, 2.05) is 41.3 Å². The van der Waals surface area contributed by atoms with Crippen molar-refractivity contribution < 1.29 is 14.4 Å². The first kappa shape index (κ1) is 23.4. The highest BCUT2D eigenvalue weighted by Crippen LogP contribution is 2.40. The molecule has 3 heterocycles. The van der Waals surface area contributed by atoms with Gasteiger partial charge in [-0.1, -0.05) is 30.3 Å². The van der Waals surface area contributed by atoms with Gasteiger partial charge in [0.15, 0.2) is 0 Å². The fourth-order valence-electron chi connectivity index (χ4n) is 5.52. The van der Waals surface area contributed by atoms with Gasteiger partial charge >= 0.3 is 0 Å². The average Bonchev–Trinajstić information content (AvgIpc) is 3.44. The van der Waals surface area contributed by atoms with E-state index in [9.17, 15) is 14.4 Å². The number of carbonyl (C=O) groups is 3. The molecule has 3 aliphatic rings. The van der Waals surface area contributed by atoms with Crippen LogP contribution in [0, 0.1) is 0 Å². The molecule has 184 valence electrons. The number of benzene rings is 2. The van der Waals surface area contributed by atoms with Gasteiger partial charge in [-0.3, -0.25) is 19.3 Å². The van der Waals surface area contributed by atoms with Crippen LogP contribution in [0.2, 0.25) is 0 Å². The lowest BCUT2D eigenvalue weighted by Crippen LogP contribution is -2.57. The predicted octanol–water partition coefficient (Wildman–Crippen LogP) is 3.38. The second-order valence-corrected chi connectivity index (χ2v) is 9.77. The maximum Gasteiger partial charge on any atom is 0.253 e. The van der Waals surface area contributed by atoms with Crippen molar-refractivity contribution in [1.82, 2.24) is 10.2 Å². The molecule has 2 fully saturated rings. The monoisotopic (exact) mass is 474 g/mol. The van der Waals surface area contributed by atoms with E-state index in [1.165, 1.54) is 5.56 Å². The summed E-state index contributed by atoms with van der Waals surface area (Å²) in [5.41, 5.74) is 3.46. The Morgan fingerprint density at radius 2 is 1.69 bits per heavy atom. The summed E-state index contributed by atoms with van der Waals surface area (Å²) in [6.07, 6.45) is 6.63. The molecule has 0 radical (unpaired) electrons. The molecule has 5 rings (SSSR count). The zero-order valence-corrected chi connectivity index (χ0v) is 20.2. The van der Waals surface area contributed by atoms with Crippen LogP contribution in [0.1, 0.15) is 54.4 Å². The summed E-state index contributed by atoms with van der Waals surface area (Å²) in [6, 6.07) is 15.6.